The van der Waals surface area contributed by atoms with Crippen molar-refractivity contribution in [3.05, 3.63) is 52.8 Å². The molecule has 2 heterocycles. The Balaban J connectivity index is 1.70. The highest BCUT2D eigenvalue weighted by Gasteiger charge is 2.20. The molecule has 130 valence electrons. The highest BCUT2D eigenvalue weighted by Crippen LogP contribution is 2.25. The summed E-state index contributed by atoms with van der Waals surface area (Å²) in [6, 6.07) is 11.5. The fourth-order valence-corrected chi connectivity index (χ4v) is 2.67. The van der Waals surface area contributed by atoms with E-state index in [0.29, 0.717) is 16.2 Å². The van der Waals surface area contributed by atoms with Crippen LogP contribution in [-0.4, -0.2) is 31.6 Å². The molecule has 0 saturated carbocycles. The van der Waals surface area contributed by atoms with Crippen LogP contribution in [0.1, 0.15) is 12.6 Å². The molecule has 0 bridgehead atoms. The number of aryl methyl sites for hydroxylation is 2. The van der Waals surface area contributed by atoms with Gasteiger partial charge in [0.15, 0.2) is 6.10 Å². The number of anilines is 1. The molecule has 0 aliphatic rings. The molecule has 0 saturated heterocycles. The SMILES string of the molecule is Cc1cc(NC(=O)C(C)Oc2nn(-c3ccccc3)cc2Br)n(C)n1. The molecule has 0 aliphatic heterocycles. The number of para-hydroxylation sites is 1. The van der Waals surface area contributed by atoms with Gasteiger partial charge in [0, 0.05) is 19.3 Å². The number of aromatic nitrogens is 4. The summed E-state index contributed by atoms with van der Waals surface area (Å²) < 4.78 is 9.68. The first-order valence-electron chi connectivity index (χ1n) is 7.73. The number of halogens is 1. The first-order chi connectivity index (χ1) is 11.9. The van der Waals surface area contributed by atoms with Crippen LogP contribution in [0.15, 0.2) is 47.1 Å². The number of benzene rings is 1. The Morgan fingerprint density at radius 2 is 2.00 bits per heavy atom. The Bertz CT molecular complexity index is 888. The topological polar surface area (TPSA) is 74.0 Å². The molecule has 3 rings (SSSR count). The van der Waals surface area contributed by atoms with Crippen molar-refractivity contribution >= 4 is 27.7 Å². The van der Waals surface area contributed by atoms with Crippen LogP contribution in [0, 0.1) is 6.92 Å². The second-order valence-electron chi connectivity index (χ2n) is 5.61. The number of nitrogens with one attached hydrogen (secondary N) is 1. The minimum Gasteiger partial charge on any atom is -0.463 e. The molecular weight excluding hydrogens is 386 g/mol. The summed E-state index contributed by atoms with van der Waals surface area (Å²) in [5.41, 5.74) is 1.73. The van der Waals surface area contributed by atoms with Gasteiger partial charge in [0.25, 0.3) is 5.91 Å². The van der Waals surface area contributed by atoms with E-state index in [4.69, 9.17) is 4.74 Å². The lowest BCUT2D eigenvalue weighted by Gasteiger charge is -2.13. The van der Waals surface area contributed by atoms with E-state index in [9.17, 15) is 4.79 Å². The molecule has 8 heteroatoms. The smallest absolute Gasteiger partial charge is 0.266 e. The van der Waals surface area contributed by atoms with Gasteiger partial charge in [-0.1, -0.05) is 18.2 Å². The van der Waals surface area contributed by atoms with Crippen molar-refractivity contribution in [2.45, 2.75) is 20.0 Å². The third-order valence-electron chi connectivity index (χ3n) is 3.57. The van der Waals surface area contributed by atoms with Crippen LogP contribution < -0.4 is 10.1 Å². The van der Waals surface area contributed by atoms with E-state index in [-0.39, 0.29) is 5.91 Å². The molecule has 0 fully saturated rings. The molecule has 1 unspecified atom stereocenters. The van der Waals surface area contributed by atoms with Gasteiger partial charge in [-0.25, -0.2) is 4.68 Å². The fraction of sp³-hybridized carbons (Fsp3) is 0.235. The quantitative estimate of drug-likeness (QED) is 0.710. The number of carbonyl (C=O) groups excluding carboxylic acids is 1. The van der Waals surface area contributed by atoms with Gasteiger partial charge in [0.1, 0.15) is 5.82 Å². The number of amides is 1. The number of hydrogen-bond acceptors (Lipinski definition) is 4. The van der Waals surface area contributed by atoms with Crippen molar-refractivity contribution in [1.82, 2.24) is 19.6 Å². The molecule has 7 nitrogen and oxygen atoms in total. The molecule has 2 aromatic heterocycles. The third-order valence-corrected chi connectivity index (χ3v) is 4.11. The third kappa shape index (κ3) is 3.90. The molecule has 1 atom stereocenters. The van der Waals surface area contributed by atoms with Crippen LogP contribution in [0.2, 0.25) is 0 Å². The van der Waals surface area contributed by atoms with E-state index in [2.05, 4.69) is 31.4 Å². The van der Waals surface area contributed by atoms with Gasteiger partial charge in [-0.2, -0.15) is 5.10 Å². The van der Waals surface area contributed by atoms with E-state index < -0.39 is 6.10 Å². The van der Waals surface area contributed by atoms with Gasteiger partial charge in [-0.3, -0.25) is 9.48 Å². The second kappa shape index (κ2) is 7.10. The summed E-state index contributed by atoms with van der Waals surface area (Å²) in [6.07, 6.45) is 1.07. The summed E-state index contributed by atoms with van der Waals surface area (Å²) in [6.45, 7) is 3.54. The lowest BCUT2D eigenvalue weighted by Crippen LogP contribution is -2.31. The molecular formula is C17H18BrN5O2. The zero-order valence-corrected chi connectivity index (χ0v) is 15.7. The van der Waals surface area contributed by atoms with Crippen molar-refractivity contribution in [2.24, 2.45) is 7.05 Å². The van der Waals surface area contributed by atoms with Gasteiger partial charge in [0.05, 0.1) is 15.9 Å². The minimum absolute atomic E-state index is 0.274. The lowest BCUT2D eigenvalue weighted by atomic mass is 10.3. The molecule has 0 radical (unpaired) electrons. The molecule has 0 aliphatic carbocycles. The second-order valence-corrected chi connectivity index (χ2v) is 6.46. The summed E-state index contributed by atoms with van der Waals surface area (Å²) in [5.74, 6) is 0.698. The summed E-state index contributed by atoms with van der Waals surface area (Å²) in [5, 5.41) is 11.4. The Labute approximate surface area is 153 Å². The van der Waals surface area contributed by atoms with Crippen LogP contribution in [0.25, 0.3) is 5.69 Å². The molecule has 25 heavy (non-hydrogen) atoms. The highest BCUT2D eigenvalue weighted by atomic mass is 79.9. The first-order valence-corrected chi connectivity index (χ1v) is 8.52. The fourth-order valence-electron chi connectivity index (χ4n) is 2.31. The average Bonchev–Trinajstić information content (AvgIpc) is 3.10. The summed E-state index contributed by atoms with van der Waals surface area (Å²) >= 11 is 3.42. The maximum absolute atomic E-state index is 12.3. The predicted octanol–water partition coefficient (Wildman–Crippen LogP) is 3.08. The molecule has 1 aromatic carbocycles. The Morgan fingerprint density at radius 1 is 1.28 bits per heavy atom. The predicted molar refractivity (Wildman–Crippen MR) is 97.9 cm³/mol. The van der Waals surface area contributed by atoms with Crippen LogP contribution >= 0.6 is 15.9 Å². The van der Waals surface area contributed by atoms with Crippen LogP contribution in [0.5, 0.6) is 5.88 Å². The number of ether oxygens (including phenoxy) is 1. The van der Waals surface area contributed by atoms with E-state index in [0.717, 1.165) is 11.4 Å². The van der Waals surface area contributed by atoms with Crippen LogP contribution in [0.4, 0.5) is 5.82 Å². The molecule has 1 N–H and O–H groups in total. The van der Waals surface area contributed by atoms with Crippen molar-refractivity contribution in [2.75, 3.05) is 5.32 Å². The first kappa shape index (κ1) is 17.2. The Morgan fingerprint density at radius 3 is 2.64 bits per heavy atom. The van der Waals surface area contributed by atoms with Gasteiger partial charge < -0.3 is 10.1 Å². The van der Waals surface area contributed by atoms with E-state index in [1.54, 1.807) is 35.6 Å². The molecule has 1 amide bonds. The summed E-state index contributed by atoms with van der Waals surface area (Å²) in [7, 11) is 1.77. The van der Waals surface area contributed by atoms with Crippen molar-refractivity contribution < 1.29 is 9.53 Å². The van der Waals surface area contributed by atoms with Crippen molar-refractivity contribution in [3.8, 4) is 11.6 Å². The van der Waals surface area contributed by atoms with Crippen molar-refractivity contribution in [3.63, 3.8) is 0 Å². The van der Waals surface area contributed by atoms with Crippen molar-refractivity contribution in [1.29, 1.82) is 0 Å². The zero-order valence-electron chi connectivity index (χ0n) is 14.1. The minimum atomic E-state index is -0.717. The van der Waals surface area contributed by atoms with Gasteiger partial charge in [-0.15, -0.1) is 5.10 Å². The van der Waals surface area contributed by atoms with Crippen LogP contribution in [-0.2, 0) is 11.8 Å². The summed E-state index contributed by atoms with van der Waals surface area (Å²) in [4.78, 5) is 12.3. The Hall–Kier alpha value is -2.61. The van der Waals surface area contributed by atoms with Gasteiger partial charge in [0.2, 0.25) is 5.88 Å². The van der Waals surface area contributed by atoms with Gasteiger partial charge >= 0.3 is 0 Å². The average molecular weight is 404 g/mol. The molecule has 0 spiro atoms. The Kier molecular flexibility index (Phi) is 4.89. The number of nitrogens with zero attached hydrogens (tertiary/aromatic N) is 4. The maximum atomic E-state index is 12.3. The van der Waals surface area contributed by atoms with E-state index in [1.165, 1.54) is 0 Å². The number of rotatable bonds is 5. The monoisotopic (exact) mass is 403 g/mol. The number of carbonyl (C=O) groups is 1. The number of hydrogen-bond donors (Lipinski definition) is 1. The van der Waals surface area contributed by atoms with E-state index in [1.807, 2.05) is 37.3 Å². The standard InChI is InChI=1S/C17H18BrN5O2/c1-11-9-15(22(3)20-11)19-16(24)12(2)25-17-14(18)10-23(21-17)13-7-5-4-6-8-13/h4-10,12H,1-3H3,(H,19,24). The largest absolute Gasteiger partial charge is 0.463 e. The maximum Gasteiger partial charge on any atom is 0.266 e. The lowest BCUT2D eigenvalue weighted by molar-refractivity contribution is -0.122. The van der Waals surface area contributed by atoms with Crippen LogP contribution in [0.3, 0.4) is 0 Å². The normalized spacial score (nSPS) is 12.0. The van der Waals surface area contributed by atoms with Gasteiger partial charge in [-0.05, 0) is 41.9 Å². The highest BCUT2D eigenvalue weighted by molar-refractivity contribution is 9.10. The zero-order chi connectivity index (χ0) is 18.0. The molecule has 3 aromatic rings. The van der Waals surface area contributed by atoms with E-state index >= 15 is 0 Å².